The molecule has 94 valence electrons. The molecule has 0 spiro atoms. The summed E-state index contributed by atoms with van der Waals surface area (Å²) in [6, 6.07) is 9.62. The molecule has 0 N–H and O–H groups in total. The van der Waals surface area contributed by atoms with Crippen LogP contribution in [0.3, 0.4) is 0 Å². The maximum atomic E-state index is 11.8. The molecule has 0 fully saturated rings. The Hall–Kier alpha value is -1.83. The van der Waals surface area contributed by atoms with Crippen molar-refractivity contribution in [1.82, 2.24) is 0 Å². The van der Waals surface area contributed by atoms with Gasteiger partial charge in [-0.25, -0.2) is 4.79 Å². The lowest BCUT2D eigenvalue weighted by molar-refractivity contribution is -0.137. The van der Waals surface area contributed by atoms with Crippen molar-refractivity contribution in [2.45, 2.75) is 26.4 Å². The molecular formula is C16H18O2. The Labute approximate surface area is 108 Å². The number of hydrogen-bond acceptors (Lipinski definition) is 2. The standard InChI is InChI=1S/C16H18O2/c1-11(2)12(3)9-14-10-15(16(17)18-14)13-7-5-4-6-8-13/h4-8,10-11,14H,3,9H2,1-2H3/t14-/m1/s1. The SMILES string of the molecule is C=C(C[C@@H]1C=C(c2ccccc2)C(=O)O1)C(C)C. The Morgan fingerprint density at radius 3 is 2.61 bits per heavy atom. The smallest absolute Gasteiger partial charge is 0.339 e. The Kier molecular flexibility index (Phi) is 3.66. The molecule has 1 aromatic rings. The fourth-order valence-electron chi connectivity index (χ4n) is 1.92. The highest BCUT2D eigenvalue weighted by molar-refractivity contribution is 6.18. The first kappa shape index (κ1) is 12.6. The van der Waals surface area contributed by atoms with Crippen molar-refractivity contribution < 1.29 is 9.53 Å². The highest BCUT2D eigenvalue weighted by Gasteiger charge is 2.26. The predicted molar refractivity (Wildman–Crippen MR) is 72.9 cm³/mol. The highest BCUT2D eigenvalue weighted by atomic mass is 16.5. The number of esters is 1. The van der Waals surface area contributed by atoms with E-state index in [0.29, 0.717) is 17.9 Å². The van der Waals surface area contributed by atoms with E-state index in [-0.39, 0.29) is 12.1 Å². The second-order valence-corrected chi connectivity index (χ2v) is 4.91. The molecule has 0 aliphatic carbocycles. The molecule has 0 aromatic heterocycles. The van der Waals surface area contributed by atoms with E-state index in [9.17, 15) is 4.79 Å². The molecule has 2 heteroatoms. The Bertz CT molecular complexity index is 483. The molecule has 0 amide bonds. The lowest BCUT2D eigenvalue weighted by Gasteiger charge is -2.12. The second kappa shape index (κ2) is 5.21. The number of cyclic esters (lactones) is 1. The van der Waals surface area contributed by atoms with Gasteiger partial charge in [0.1, 0.15) is 6.10 Å². The third-order valence-corrected chi connectivity index (χ3v) is 3.20. The molecule has 0 bridgehead atoms. The lowest BCUT2D eigenvalue weighted by Crippen LogP contribution is -2.10. The first-order chi connectivity index (χ1) is 8.58. The van der Waals surface area contributed by atoms with Gasteiger partial charge in [-0.1, -0.05) is 56.3 Å². The zero-order valence-electron chi connectivity index (χ0n) is 10.8. The summed E-state index contributed by atoms with van der Waals surface area (Å²) in [5, 5.41) is 0. The topological polar surface area (TPSA) is 26.3 Å². The van der Waals surface area contributed by atoms with Crippen LogP contribution >= 0.6 is 0 Å². The molecule has 0 radical (unpaired) electrons. The van der Waals surface area contributed by atoms with Crippen LogP contribution in [-0.4, -0.2) is 12.1 Å². The normalized spacial score (nSPS) is 18.7. The van der Waals surface area contributed by atoms with Crippen molar-refractivity contribution in [3.63, 3.8) is 0 Å². The van der Waals surface area contributed by atoms with Gasteiger partial charge in [-0.2, -0.15) is 0 Å². The maximum Gasteiger partial charge on any atom is 0.339 e. The van der Waals surface area contributed by atoms with Crippen molar-refractivity contribution >= 4 is 11.5 Å². The first-order valence-electron chi connectivity index (χ1n) is 6.24. The Morgan fingerprint density at radius 2 is 2.00 bits per heavy atom. The predicted octanol–water partition coefficient (Wildman–Crippen LogP) is 3.60. The minimum atomic E-state index is -0.234. The van der Waals surface area contributed by atoms with Crippen LogP contribution in [0, 0.1) is 5.92 Å². The average molecular weight is 242 g/mol. The molecule has 0 unspecified atom stereocenters. The molecule has 1 aliphatic rings. The number of rotatable bonds is 4. The molecule has 1 aliphatic heterocycles. The summed E-state index contributed by atoms with van der Waals surface area (Å²) < 4.78 is 5.36. The fraction of sp³-hybridized carbons (Fsp3) is 0.312. The van der Waals surface area contributed by atoms with Crippen molar-refractivity contribution in [3.05, 3.63) is 54.1 Å². The van der Waals surface area contributed by atoms with E-state index in [4.69, 9.17) is 4.74 Å². The van der Waals surface area contributed by atoms with Crippen LogP contribution in [0.25, 0.3) is 5.57 Å². The minimum absolute atomic E-state index is 0.164. The lowest BCUT2D eigenvalue weighted by atomic mass is 9.98. The number of benzene rings is 1. The monoisotopic (exact) mass is 242 g/mol. The Morgan fingerprint density at radius 1 is 1.33 bits per heavy atom. The van der Waals surface area contributed by atoms with Gasteiger partial charge in [-0.3, -0.25) is 0 Å². The molecule has 0 saturated carbocycles. The van der Waals surface area contributed by atoms with E-state index in [0.717, 1.165) is 11.1 Å². The van der Waals surface area contributed by atoms with Crippen LogP contribution in [0.2, 0.25) is 0 Å². The summed E-state index contributed by atoms with van der Waals surface area (Å²) in [4.78, 5) is 11.8. The zero-order chi connectivity index (χ0) is 13.1. The van der Waals surface area contributed by atoms with E-state index < -0.39 is 0 Å². The van der Waals surface area contributed by atoms with Crippen molar-refractivity contribution in [3.8, 4) is 0 Å². The van der Waals surface area contributed by atoms with E-state index in [1.807, 2.05) is 36.4 Å². The van der Waals surface area contributed by atoms with E-state index >= 15 is 0 Å². The number of ether oxygens (including phenoxy) is 1. The van der Waals surface area contributed by atoms with Gasteiger partial charge in [0, 0.05) is 6.42 Å². The van der Waals surface area contributed by atoms with E-state index in [2.05, 4.69) is 20.4 Å². The molecular weight excluding hydrogens is 224 g/mol. The largest absolute Gasteiger partial charge is 0.454 e. The summed E-state index contributed by atoms with van der Waals surface area (Å²) in [6.07, 6.45) is 2.45. The zero-order valence-corrected chi connectivity index (χ0v) is 10.8. The number of carbonyl (C=O) groups is 1. The van der Waals surface area contributed by atoms with Crippen LogP contribution in [0.15, 0.2) is 48.6 Å². The van der Waals surface area contributed by atoms with Crippen LogP contribution in [0.5, 0.6) is 0 Å². The van der Waals surface area contributed by atoms with E-state index in [1.165, 1.54) is 0 Å². The highest BCUT2D eigenvalue weighted by Crippen LogP contribution is 2.27. The molecule has 2 rings (SSSR count). The Balaban J connectivity index is 2.13. The van der Waals surface area contributed by atoms with Gasteiger partial charge in [0.25, 0.3) is 0 Å². The van der Waals surface area contributed by atoms with Gasteiger partial charge in [0.05, 0.1) is 5.57 Å². The summed E-state index contributed by atoms with van der Waals surface area (Å²) in [7, 11) is 0. The molecule has 18 heavy (non-hydrogen) atoms. The molecule has 1 atom stereocenters. The van der Waals surface area contributed by atoms with Crippen LogP contribution in [-0.2, 0) is 9.53 Å². The third-order valence-electron chi connectivity index (χ3n) is 3.20. The summed E-state index contributed by atoms with van der Waals surface area (Å²) in [5.41, 5.74) is 2.69. The van der Waals surface area contributed by atoms with Crippen LogP contribution < -0.4 is 0 Å². The average Bonchev–Trinajstić information content (AvgIpc) is 2.71. The van der Waals surface area contributed by atoms with Gasteiger partial charge in [0.2, 0.25) is 0 Å². The van der Waals surface area contributed by atoms with Crippen LogP contribution in [0.1, 0.15) is 25.8 Å². The third kappa shape index (κ3) is 2.70. The molecule has 1 heterocycles. The molecule has 0 saturated heterocycles. The quantitative estimate of drug-likeness (QED) is 0.595. The summed E-state index contributed by atoms with van der Waals surface area (Å²) >= 11 is 0. The van der Waals surface area contributed by atoms with Gasteiger partial charge in [-0.05, 0) is 17.6 Å². The van der Waals surface area contributed by atoms with Gasteiger partial charge in [0.15, 0.2) is 0 Å². The number of hydrogen-bond donors (Lipinski definition) is 0. The summed E-state index contributed by atoms with van der Waals surface area (Å²) in [5.74, 6) is 0.181. The van der Waals surface area contributed by atoms with Crippen molar-refractivity contribution in [1.29, 1.82) is 0 Å². The summed E-state index contributed by atoms with van der Waals surface area (Å²) in [6.45, 7) is 8.22. The number of carbonyl (C=O) groups excluding carboxylic acids is 1. The first-order valence-corrected chi connectivity index (χ1v) is 6.24. The molecule has 1 aromatic carbocycles. The second-order valence-electron chi connectivity index (χ2n) is 4.91. The van der Waals surface area contributed by atoms with E-state index in [1.54, 1.807) is 0 Å². The molecule has 2 nitrogen and oxygen atoms in total. The van der Waals surface area contributed by atoms with Crippen molar-refractivity contribution in [2.24, 2.45) is 5.92 Å². The van der Waals surface area contributed by atoms with Gasteiger partial charge in [-0.15, -0.1) is 0 Å². The van der Waals surface area contributed by atoms with Crippen molar-refractivity contribution in [2.75, 3.05) is 0 Å². The van der Waals surface area contributed by atoms with Gasteiger partial charge < -0.3 is 4.74 Å². The van der Waals surface area contributed by atoms with Crippen LogP contribution in [0.4, 0.5) is 0 Å². The minimum Gasteiger partial charge on any atom is -0.454 e. The maximum absolute atomic E-state index is 11.8. The fourth-order valence-corrected chi connectivity index (χ4v) is 1.92. The van der Waals surface area contributed by atoms with Gasteiger partial charge >= 0.3 is 5.97 Å².